The molecule has 0 aliphatic carbocycles. The van der Waals surface area contributed by atoms with E-state index in [-0.39, 0.29) is 41.7 Å². The fraction of sp³-hybridized carbons (Fsp3) is 0.222. The van der Waals surface area contributed by atoms with Crippen molar-refractivity contribution in [1.82, 2.24) is 19.2 Å². The highest BCUT2D eigenvalue weighted by atomic mass is 35.5. The number of carbonyl (C=O) groups excluding carboxylic acids is 1. The van der Waals surface area contributed by atoms with E-state index in [1.165, 1.54) is 15.4 Å². The minimum absolute atomic E-state index is 0.0578. The zero-order valence-corrected chi connectivity index (χ0v) is 16.5. The molecule has 1 aromatic carbocycles. The van der Waals surface area contributed by atoms with Crippen molar-refractivity contribution in [1.29, 1.82) is 0 Å². The number of pyridine rings is 1. The molecule has 1 aliphatic rings. The number of aromatic amines is 1. The number of fused-ring (bicyclic) bond motifs is 1. The van der Waals surface area contributed by atoms with E-state index in [1.807, 2.05) is 0 Å². The molecule has 152 valence electrons. The molecule has 3 aromatic rings. The van der Waals surface area contributed by atoms with E-state index in [1.54, 1.807) is 18.3 Å². The first-order valence-electron chi connectivity index (χ1n) is 8.65. The van der Waals surface area contributed by atoms with Crippen LogP contribution < -0.4 is 0 Å². The Hall–Kier alpha value is -2.56. The summed E-state index contributed by atoms with van der Waals surface area (Å²) in [5.41, 5.74) is 0.303. The van der Waals surface area contributed by atoms with Crippen LogP contribution in [0, 0.1) is 11.6 Å². The molecule has 0 saturated carbocycles. The lowest BCUT2D eigenvalue weighted by molar-refractivity contribution is 0.0697. The zero-order chi connectivity index (χ0) is 20.8. The largest absolute Gasteiger partial charge is 0.345 e. The molecule has 29 heavy (non-hydrogen) atoms. The molecule has 1 aliphatic heterocycles. The predicted octanol–water partition coefficient (Wildman–Crippen LogP) is 2.64. The summed E-state index contributed by atoms with van der Waals surface area (Å²) in [7, 11) is -3.79. The Kier molecular flexibility index (Phi) is 5.01. The second-order valence-corrected chi connectivity index (χ2v) is 8.81. The number of carbonyl (C=O) groups is 1. The van der Waals surface area contributed by atoms with Crippen LogP contribution in [0.15, 0.2) is 41.6 Å². The lowest BCUT2D eigenvalue weighted by Crippen LogP contribution is -2.50. The van der Waals surface area contributed by atoms with E-state index in [4.69, 9.17) is 11.6 Å². The molecule has 11 heteroatoms. The molecule has 1 fully saturated rings. The quantitative estimate of drug-likeness (QED) is 0.634. The first-order valence-corrected chi connectivity index (χ1v) is 10.5. The van der Waals surface area contributed by atoms with Gasteiger partial charge in [-0.05, 0) is 24.3 Å². The van der Waals surface area contributed by atoms with Gasteiger partial charge < -0.3 is 9.88 Å². The number of nitrogens with zero attached hydrogens (tertiary/aromatic N) is 3. The topological polar surface area (TPSA) is 86.4 Å². The smallest absolute Gasteiger partial charge is 0.255 e. The summed E-state index contributed by atoms with van der Waals surface area (Å²) in [4.78, 5) is 21.0. The average Bonchev–Trinajstić information content (AvgIpc) is 3.15. The van der Waals surface area contributed by atoms with E-state index in [9.17, 15) is 22.0 Å². The fourth-order valence-electron chi connectivity index (χ4n) is 3.27. The normalized spacial score (nSPS) is 15.8. The van der Waals surface area contributed by atoms with Crippen LogP contribution in [-0.4, -0.2) is 59.7 Å². The summed E-state index contributed by atoms with van der Waals surface area (Å²) in [5.74, 6) is -2.90. The monoisotopic (exact) mass is 440 g/mol. The SMILES string of the molecule is O=C(c1cc(F)c(F)cc1Cl)N1CCN(S(=O)(=O)c2c[nH]c3ncccc23)CC1. The third-order valence-corrected chi connectivity index (χ3v) is 7.05. The van der Waals surface area contributed by atoms with Gasteiger partial charge in [0, 0.05) is 44.0 Å². The van der Waals surface area contributed by atoms with Crippen LogP contribution in [0.2, 0.25) is 5.02 Å². The average molecular weight is 441 g/mol. The standard InChI is InChI=1S/C18H15ClF2N4O3S/c19-13-9-15(21)14(20)8-12(13)18(26)24-4-6-25(7-5-24)29(27,28)16-10-23-17-11(16)2-1-3-22-17/h1-3,8-10H,4-7H2,(H,22,23). The molecule has 1 amide bonds. The highest BCUT2D eigenvalue weighted by Gasteiger charge is 2.32. The van der Waals surface area contributed by atoms with Gasteiger partial charge in [-0.2, -0.15) is 4.31 Å². The van der Waals surface area contributed by atoms with Gasteiger partial charge in [-0.1, -0.05) is 11.6 Å². The number of hydrogen-bond donors (Lipinski definition) is 1. The van der Waals surface area contributed by atoms with E-state index in [2.05, 4.69) is 9.97 Å². The van der Waals surface area contributed by atoms with Crippen molar-refractivity contribution in [2.75, 3.05) is 26.2 Å². The van der Waals surface area contributed by atoms with E-state index in [0.717, 1.165) is 12.1 Å². The minimum atomic E-state index is -3.79. The Morgan fingerprint density at radius 3 is 2.55 bits per heavy atom. The van der Waals surface area contributed by atoms with E-state index >= 15 is 0 Å². The van der Waals surface area contributed by atoms with Crippen LogP contribution in [0.25, 0.3) is 11.0 Å². The molecule has 1 saturated heterocycles. The van der Waals surface area contributed by atoms with E-state index in [0.29, 0.717) is 11.0 Å². The molecule has 1 N–H and O–H groups in total. The van der Waals surface area contributed by atoms with Crippen LogP contribution in [0.3, 0.4) is 0 Å². The van der Waals surface area contributed by atoms with Crippen molar-refractivity contribution in [3.63, 3.8) is 0 Å². The zero-order valence-electron chi connectivity index (χ0n) is 14.9. The van der Waals surface area contributed by atoms with Crippen LogP contribution in [0.5, 0.6) is 0 Å². The molecule has 0 radical (unpaired) electrons. The van der Waals surface area contributed by atoms with Crippen molar-refractivity contribution in [3.05, 3.63) is 58.9 Å². The third kappa shape index (κ3) is 3.47. The van der Waals surface area contributed by atoms with Crippen molar-refractivity contribution < 1.29 is 22.0 Å². The van der Waals surface area contributed by atoms with Crippen molar-refractivity contribution in [2.45, 2.75) is 4.90 Å². The Morgan fingerprint density at radius 1 is 1.14 bits per heavy atom. The summed E-state index contributed by atoms with van der Waals surface area (Å²) in [6.07, 6.45) is 2.95. The number of benzene rings is 1. The highest BCUT2D eigenvalue weighted by molar-refractivity contribution is 7.89. The molecule has 4 rings (SSSR count). The number of sulfonamides is 1. The number of rotatable bonds is 3. The Bertz CT molecular complexity index is 1210. The molecular weight excluding hydrogens is 426 g/mol. The first-order chi connectivity index (χ1) is 13.8. The Balaban J connectivity index is 1.52. The van der Waals surface area contributed by atoms with Crippen LogP contribution >= 0.6 is 11.6 Å². The number of H-pyrrole nitrogens is 1. The summed E-state index contributed by atoms with van der Waals surface area (Å²) in [6.45, 7) is 0.298. The maximum atomic E-state index is 13.5. The lowest BCUT2D eigenvalue weighted by Gasteiger charge is -2.34. The summed E-state index contributed by atoms with van der Waals surface area (Å²) in [5, 5.41) is 0.287. The van der Waals surface area contributed by atoms with Gasteiger partial charge >= 0.3 is 0 Å². The number of hydrogen-bond acceptors (Lipinski definition) is 4. The number of halogens is 3. The van der Waals surface area contributed by atoms with Crippen LogP contribution in [0.4, 0.5) is 8.78 Å². The molecular formula is C18H15ClF2N4O3S. The third-order valence-electron chi connectivity index (χ3n) is 4.80. The Labute approximate surface area is 169 Å². The molecule has 2 aromatic heterocycles. The van der Waals surface area contributed by atoms with E-state index < -0.39 is 27.6 Å². The van der Waals surface area contributed by atoms with Gasteiger partial charge in [-0.25, -0.2) is 22.2 Å². The fourth-order valence-corrected chi connectivity index (χ4v) is 5.08. The molecule has 3 heterocycles. The maximum absolute atomic E-state index is 13.5. The van der Waals surface area contributed by atoms with Gasteiger partial charge in [0.05, 0.1) is 10.6 Å². The second-order valence-electron chi connectivity index (χ2n) is 6.49. The van der Waals surface area contributed by atoms with Gasteiger partial charge in [-0.15, -0.1) is 0 Å². The summed E-state index contributed by atoms with van der Waals surface area (Å²) < 4.78 is 54.0. The van der Waals surface area contributed by atoms with Gasteiger partial charge in [-0.3, -0.25) is 4.79 Å². The predicted molar refractivity (Wildman–Crippen MR) is 102 cm³/mol. The molecule has 0 unspecified atom stereocenters. The minimum Gasteiger partial charge on any atom is -0.345 e. The van der Waals surface area contributed by atoms with Gasteiger partial charge in [0.2, 0.25) is 10.0 Å². The number of nitrogens with one attached hydrogen (secondary N) is 1. The highest BCUT2D eigenvalue weighted by Crippen LogP contribution is 2.26. The van der Waals surface area contributed by atoms with Crippen LogP contribution in [-0.2, 0) is 10.0 Å². The van der Waals surface area contributed by atoms with Gasteiger partial charge in [0.25, 0.3) is 5.91 Å². The van der Waals surface area contributed by atoms with Crippen molar-refractivity contribution >= 4 is 38.6 Å². The lowest BCUT2D eigenvalue weighted by atomic mass is 10.1. The first kappa shape index (κ1) is 19.7. The summed E-state index contributed by atoms with van der Waals surface area (Å²) in [6, 6.07) is 4.81. The Morgan fingerprint density at radius 2 is 1.83 bits per heavy atom. The molecule has 0 atom stereocenters. The second kappa shape index (κ2) is 7.36. The maximum Gasteiger partial charge on any atom is 0.255 e. The number of piperazine rings is 1. The van der Waals surface area contributed by atoms with Crippen molar-refractivity contribution in [2.24, 2.45) is 0 Å². The van der Waals surface area contributed by atoms with Gasteiger partial charge in [0.15, 0.2) is 11.6 Å². The van der Waals surface area contributed by atoms with Crippen LogP contribution in [0.1, 0.15) is 10.4 Å². The summed E-state index contributed by atoms with van der Waals surface area (Å²) >= 11 is 5.87. The molecule has 0 spiro atoms. The number of aromatic nitrogens is 2. The molecule has 0 bridgehead atoms. The van der Waals surface area contributed by atoms with Gasteiger partial charge in [0.1, 0.15) is 10.5 Å². The number of amides is 1. The molecule has 7 nitrogen and oxygen atoms in total. The van der Waals surface area contributed by atoms with Crippen molar-refractivity contribution in [3.8, 4) is 0 Å².